The number of primary amides is 1. The Morgan fingerprint density at radius 1 is 0.684 bits per heavy atom. The summed E-state index contributed by atoms with van der Waals surface area (Å²) in [6.07, 6.45) is -23.4. The number of phenolic OH excluding ortho intramolecular Hbond substituents is 3. The fourth-order valence-corrected chi connectivity index (χ4v) is 14.9. The summed E-state index contributed by atoms with van der Waals surface area (Å²) in [7, 11) is 1.47. The molecule has 616 valence electrons. The van der Waals surface area contributed by atoms with Crippen molar-refractivity contribution >= 4 is 64.9 Å². The number of fused-ring (bicyclic) bond motifs is 15. The lowest BCUT2D eigenvalue weighted by Crippen LogP contribution is -2.65. The van der Waals surface area contributed by atoms with Crippen LogP contribution in [0.2, 0.25) is 5.02 Å². The van der Waals surface area contributed by atoms with Crippen LogP contribution < -0.4 is 68.2 Å². The molecular formula is C75H91ClN10O28. The molecule has 22 unspecified atom stereocenters. The van der Waals surface area contributed by atoms with E-state index in [-0.39, 0.29) is 58.4 Å². The van der Waals surface area contributed by atoms with Gasteiger partial charge in [-0.2, -0.15) is 0 Å². The van der Waals surface area contributed by atoms with E-state index in [1.54, 1.807) is 0 Å². The van der Waals surface area contributed by atoms with Gasteiger partial charge in [-0.1, -0.05) is 49.7 Å². The van der Waals surface area contributed by atoms with Crippen LogP contribution >= 0.6 is 11.6 Å². The van der Waals surface area contributed by atoms with Gasteiger partial charge in [-0.05, 0) is 124 Å². The van der Waals surface area contributed by atoms with Crippen LogP contribution in [0.3, 0.4) is 0 Å². The van der Waals surface area contributed by atoms with Gasteiger partial charge in [0.2, 0.25) is 53.4 Å². The van der Waals surface area contributed by atoms with Gasteiger partial charge in [-0.25, -0.2) is 4.79 Å². The van der Waals surface area contributed by atoms with Crippen LogP contribution in [0.15, 0.2) is 84.9 Å². The molecule has 8 heterocycles. The standard InChI is InChI=1S/C75H91ClN10O28/c1-28(2)16-40(79-7)66(99)85-56-58(94)33-11-15-44(39(76)18-33)110-46-20-34-19-45(62(46)114-73-63(60(96)59(95)47(27-87)111-73)113-51-25-75(6,80-26-49(92)93)65(98)30(4)108-51)109-36-12-8-31(9-13-36)61(112-50-24-74(5,78)64(97)29(3)107-50)57-71(104)84-55(72(105)106)38-21-35(88)22-43(90)52(38)37-17-32(10-14-42(37)89)53(68(101)86-57)83-69(102)54(34)82-67(100)41(23-48(77)91)81-70(56)103/h8-15,17-22,28-30,40-41,47,50-51,53-61,63-65,73,79-80,87-90,94-98H,16,23-27,78H2,1-7H3,(H2,77,91)(H,81,103)(H,82,100)(H,83,102)(H,84,104)(H,85,99)(H,86,101)(H,92,93)(H,105,106). The Kier molecular flexibility index (Phi) is 25.7. The van der Waals surface area contributed by atoms with Crippen LogP contribution in [-0.4, -0.2) is 233 Å². The van der Waals surface area contributed by atoms with E-state index >= 15 is 19.2 Å². The molecule has 11 bridgehead atoms. The summed E-state index contributed by atoms with van der Waals surface area (Å²) in [5.74, 6) is -17.2. The van der Waals surface area contributed by atoms with Crippen LogP contribution in [0.1, 0.15) is 125 Å². The summed E-state index contributed by atoms with van der Waals surface area (Å²) in [6.45, 7) is 7.81. The quantitative estimate of drug-likeness (QED) is 0.0521. The lowest BCUT2D eigenvalue weighted by Gasteiger charge is -2.48. The third kappa shape index (κ3) is 18.3. The van der Waals surface area contributed by atoms with Gasteiger partial charge in [0.25, 0.3) is 0 Å². The Morgan fingerprint density at radius 2 is 1.32 bits per heavy atom. The number of rotatable bonds is 18. The van der Waals surface area contributed by atoms with Crippen LogP contribution in [0.4, 0.5) is 0 Å². The highest BCUT2D eigenvalue weighted by Gasteiger charge is 2.53. The Labute approximate surface area is 655 Å². The minimum Gasteiger partial charge on any atom is -0.508 e. The molecule has 3 fully saturated rings. The summed E-state index contributed by atoms with van der Waals surface area (Å²) >= 11 is 7.14. The number of carboxylic acids is 2. The van der Waals surface area contributed by atoms with Crippen LogP contribution in [0.25, 0.3) is 11.1 Å². The van der Waals surface area contributed by atoms with Crippen molar-refractivity contribution in [3.05, 3.63) is 118 Å². The molecule has 0 radical (unpaired) electrons. The molecule has 8 aliphatic heterocycles. The molecule has 13 rings (SSSR count). The summed E-state index contributed by atoms with van der Waals surface area (Å²) in [5.41, 5.74) is 6.80. The minimum absolute atomic E-state index is 0.0645. The van der Waals surface area contributed by atoms with Crippen molar-refractivity contribution in [3.63, 3.8) is 0 Å². The molecule has 8 aliphatic rings. The lowest BCUT2D eigenvalue weighted by molar-refractivity contribution is -0.334. The van der Waals surface area contributed by atoms with E-state index in [1.807, 2.05) is 13.8 Å². The number of carbonyl (C=O) groups is 9. The molecule has 0 saturated carbocycles. The van der Waals surface area contributed by atoms with Gasteiger partial charge in [-0.15, -0.1) is 0 Å². The molecule has 0 spiro atoms. The molecule has 7 amide bonds. The summed E-state index contributed by atoms with van der Waals surface area (Å²) in [4.78, 5) is 132. The fourth-order valence-electron chi connectivity index (χ4n) is 14.6. The summed E-state index contributed by atoms with van der Waals surface area (Å²) in [5, 5.41) is 145. The van der Waals surface area contributed by atoms with E-state index < -0.39 is 263 Å². The molecule has 5 aromatic carbocycles. The van der Waals surface area contributed by atoms with Crippen molar-refractivity contribution in [1.82, 2.24) is 42.5 Å². The van der Waals surface area contributed by atoms with Gasteiger partial charge in [0, 0.05) is 46.7 Å². The number of amides is 7. The number of aliphatic hydroxyl groups excluding tert-OH is 6. The SMILES string of the molecule is CNC(CC(C)C)C(=O)NC1C(=O)NC(CC(N)=O)C(=O)NC2C(=O)NC3C(=O)NC(C(=O)NC(C(=O)O)c4cc(O)cc(O)c4-c4cc3ccc4O)C(OC3CC(C)(N)C(O)C(C)O3)c3ccc(cc3)Oc3cc2cc(c3OC2OC(CO)C(O)C(O)C2OC2CC(C)(NCC(=O)O)C(O)C(C)O2)Oc2ccc(cc2Cl)C1O. The molecule has 3 saturated heterocycles. The Hall–Kier alpha value is -10.1. The van der Waals surface area contributed by atoms with E-state index in [2.05, 4.69) is 42.5 Å². The van der Waals surface area contributed by atoms with Crippen molar-refractivity contribution in [2.24, 2.45) is 17.4 Å². The number of likely N-dealkylation sites (N-methyl/N-ethyl adjacent to an activating group) is 1. The zero-order valence-corrected chi connectivity index (χ0v) is 63.1. The van der Waals surface area contributed by atoms with Crippen molar-refractivity contribution in [2.45, 2.75) is 201 Å². The second-order valence-corrected chi connectivity index (χ2v) is 30.2. The van der Waals surface area contributed by atoms with Crippen LogP contribution in [-0.2, 0) is 66.8 Å². The highest BCUT2D eigenvalue weighted by Crippen LogP contribution is 2.50. The number of aliphatic hydroxyl groups is 6. The maximum Gasteiger partial charge on any atom is 0.330 e. The predicted octanol–water partition coefficient (Wildman–Crippen LogP) is -0.594. The van der Waals surface area contributed by atoms with E-state index in [4.69, 9.17) is 61.0 Å². The second kappa shape index (κ2) is 34.5. The van der Waals surface area contributed by atoms with Gasteiger partial charge < -0.3 is 143 Å². The third-order valence-corrected chi connectivity index (χ3v) is 21.0. The van der Waals surface area contributed by atoms with Crippen molar-refractivity contribution in [1.29, 1.82) is 0 Å². The minimum atomic E-state index is -2.38. The number of nitrogens with one attached hydrogen (secondary N) is 8. The first-order valence-electron chi connectivity index (χ1n) is 36.3. The van der Waals surface area contributed by atoms with Crippen molar-refractivity contribution < 1.29 is 137 Å². The normalized spacial score (nSPS) is 31.5. The average Bonchev–Trinajstić information content (AvgIpc) is 0.763. The molecule has 0 aromatic heterocycles. The number of aromatic hydroxyl groups is 3. The number of halogens is 1. The number of hydrogen-bond donors (Lipinski definition) is 21. The molecule has 114 heavy (non-hydrogen) atoms. The van der Waals surface area contributed by atoms with Gasteiger partial charge in [-0.3, -0.25) is 43.7 Å². The van der Waals surface area contributed by atoms with E-state index in [1.165, 1.54) is 71.1 Å². The molecule has 0 aliphatic carbocycles. The van der Waals surface area contributed by atoms with Gasteiger partial charge in [0.05, 0.1) is 55.1 Å². The Morgan fingerprint density at radius 3 is 1.95 bits per heavy atom. The monoisotopic (exact) mass is 1610 g/mol. The maximum atomic E-state index is 16.4. The third-order valence-electron chi connectivity index (χ3n) is 20.7. The van der Waals surface area contributed by atoms with Crippen molar-refractivity contribution in [2.75, 3.05) is 20.2 Å². The maximum absolute atomic E-state index is 16.4. The van der Waals surface area contributed by atoms with Crippen LogP contribution in [0, 0.1) is 5.92 Å². The first kappa shape index (κ1) is 84.8. The average molecular weight is 1620 g/mol. The topological polar surface area (TPSA) is 598 Å². The zero-order chi connectivity index (χ0) is 83.0. The number of ether oxygens (including phenoxy) is 8. The zero-order valence-electron chi connectivity index (χ0n) is 62.3. The number of carboxylic acid groups (broad SMARTS) is 2. The fraction of sp³-hybridized carbons (Fsp3) is 0.480. The molecule has 5 aromatic rings. The largest absolute Gasteiger partial charge is 0.508 e. The van der Waals surface area contributed by atoms with Gasteiger partial charge in [0.15, 0.2) is 36.2 Å². The smallest absolute Gasteiger partial charge is 0.330 e. The number of hydrogen-bond acceptors (Lipinski definition) is 29. The highest BCUT2D eigenvalue weighted by molar-refractivity contribution is 6.32. The number of carbonyl (C=O) groups excluding carboxylic acids is 7. The lowest BCUT2D eigenvalue weighted by atomic mass is 9.85. The summed E-state index contributed by atoms with van der Waals surface area (Å²) in [6, 6.07) is 1.09. The first-order chi connectivity index (χ1) is 53.8. The van der Waals surface area contributed by atoms with Gasteiger partial charge in [0.1, 0.15) is 89.5 Å². The number of phenols is 3. The van der Waals surface area contributed by atoms with E-state index in [0.717, 1.165) is 48.5 Å². The molecule has 22 atom stereocenters. The van der Waals surface area contributed by atoms with Crippen LogP contribution in [0.5, 0.6) is 46.0 Å². The Balaban J connectivity index is 1.18. The Bertz CT molecular complexity index is 4500. The predicted molar refractivity (Wildman–Crippen MR) is 392 cm³/mol. The second-order valence-electron chi connectivity index (χ2n) is 29.8. The molecule has 39 heteroatoms. The van der Waals surface area contributed by atoms with Crippen molar-refractivity contribution in [3.8, 4) is 57.1 Å². The number of nitrogens with two attached hydrogens (primary N) is 2. The summed E-state index contributed by atoms with van der Waals surface area (Å²) < 4.78 is 51.8. The molecule has 38 nitrogen and oxygen atoms in total. The first-order valence-corrected chi connectivity index (χ1v) is 36.7. The number of benzene rings is 5. The number of aliphatic carboxylic acids is 2. The van der Waals surface area contributed by atoms with E-state index in [0.29, 0.717) is 0 Å². The molecular weight excluding hydrogens is 1520 g/mol. The molecule has 23 N–H and O–H groups in total. The van der Waals surface area contributed by atoms with E-state index in [9.17, 15) is 80.1 Å². The van der Waals surface area contributed by atoms with Gasteiger partial charge >= 0.3 is 11.9 Å². The highest BCUT2D eigenvalue weighted by atomic mass is 35.5.